The number of nitrogens with zero attached hydrogens (tertiary/aromatic N) is 5. The SMILES string of the molecule is COC1(c2nnnn2C)C(=S)N2C(C(=O)C(C)(C)C)=C(C)CS[C@@H]21. The second-order valence-corrected chi connectivity index (χ2v) is 8.57. The van der Waals surface area contributed by atoms with Crippen LogP contribution in [-0.4, -0.2) is 54.1 Å². The van der Waals surface area contributed by atoms with E-state index in [9.17, 15) is 4.79 Å². The minimum absolute atomic E-state index is 0.0912. The lowest BCUT2D eigenvalue weighted by Crippen LogP contribution is -2.72. The van der Waals surface area contributed by atoms with Crippen LogP contribution in [0.25, 0.3) is 0 Å². The van der Waals surface area contributed by atoms with Gasteiger partial charge in [-0.1, -0.05) is 33.0 Å². The number of fused-ring (bicyclic) bond motifs is 1. The van der Waals surface area contributed by atoms with Crippen molar-refractivity contribution in [2.24, 2.45) is 12.5 Å². The van der Waals surface area contributed by atoms with E-state index < -0.39 is 11.0 Å². The quantitative estimate of drug-likeness (QED) is 0.747. The van der Waals surface area contributed by atoms with Gasteiger partial charge in [-0.3, -0.25) is 4.79 Å². The van der Waals surface area contributed by atoms with Gasteiger partial charge in [0.1, 0.15) is 10.4 Å². The van der Waals surface area contributed by atoms with Gasteiger partial charge >= 0.3 is 0 Å². The zero-order chi connectivity index (χ0) is 17.9. The number of carbonyl (C=O) groups is 1. The Labute approximate surface area is 150 Å². The molecule has 3 rings (SSSR count). The van der Waals surface area contributed by atoms with Gasteiger partial charge in [0.25, 0.3) is 0 Å². The van der Waals surface area contributed by atoms with Crippen LogP contribution >= 0.6 is 24.0 Å². The summed E-state index contributed by atoms with van der Waals surface area (Å²) in [5.74, 6) is 1.40. The zero-order valence-electron chi connectivity index (χ0n) is 14.7. The monoisotopic (exact) mass is 367 g/mol. The molecule has 1 aromatic heterocycles. The molecule has 9 heteroatoms. The van der Waals surface area contributed by atoms with Gasteiger partial charge in [0.2, 0.25) is 5.60 Å². The second kappa shape index (κ2) is 5.60. The van der Waals surface area contributed by atoms with Gasteiger partial charge in [-0.05, 0) is 22.9 Å². The Balaban J connectivity index is 2.07. The third kappa shape index (κ3) is 2.18. The number of allylic oxidation sites excluding steroid dienone is 1. The Morgan fingerprint density at radius 1 is 1.46 bits per heavy atom. The van der Waals surface area contributed by atoms with Crippen LogP contribution in [0.1, 0.15) is 33.5 Å². The van der Waals surface area contributed by atoms with E-state index >= 15 is 0 Å². The maximum absolute atomic E-state index is 13.0. The average molecular weight is 368 g/mol. The molecule has 7 nitrogen and oxygen atoms in total. The van der Waals surface area contributed by atoms with Crippen LogP contribution in [0.4, 0.5) is 0 Å². The van der Waals surface area contributed by atoms with Crippen LogP contribution in [0.15, 0.2) is 11.3 Å². The molecule has 0 saturated carbocycles. The number of thioether (sulfide) groups is 1. The molecule has 130 valence electrons. The minimum Gasteiger partial charge on any atom is -0.360 e. The Kier molecular flexibility index (Phi) is 4.09. The molecule has 0 aliphatic carbocycles. The minimum atomic E-state index is -0.887. The number of methoxy groups -OCH3 is 1. The molecule has 0 amide bonds. The highest BCUT2D eigenvalue weighted by Crippen LogP contribution is 2.53. The van der Waals surface area contributed by atoms with Crippen LogP contribution in [0.2, 0.25) is 0 Å². The molecule has 24 heavy (non-hydrogen) atoms. The lowest BCUT2D eigenvalue weighted by Gasteiger charge is -2.58. The fourth-order valence-corrected chi connectivity index (χ4v) is 5.16. The summed E-state index contributed by atoms with van der Waals surface area (Å²) in [4.78, 5) is 15.4. The Bertz CT molecular complexity index is 751. The number of aromatic nitrogens is 4. The summed E-state index contributed by atoms with van der Waals surface area (Å²) in [7, 11) is 3.37. The first kappa shape index (κ1) is 17.5. The van der Waals surface area contributed by atoms with Crippen LogP contribution < -0.4 is 0 Å². The first-order valence-electron chi connectivity index (χ1n) is 7.64. The number of hydrogen-bond donors (Lipinski definition) is 0. The molecule has 0 spiro atoms. The molecule has 2 aliphatic heterocycles. The summed E-state index contributed by atoms with van der Waals surface area (Å²) in [5.41, 5.74) is 0.372. The van der Waals surface area contributed by atoms with Crippen molar-refractivity contribution >= 4 is 34.8 Å². The van der Waals surface area contributed by atoms with Crippen LogP contribution in [0.3, 0.4) is 0 Å². The van der Waals surface area contributed by atoms with Gasteiger partial charge in [0.05, 0.1) is 5.70 Å². The first-order chi connectivity index (χ1) is 11.2. The Hall–Kier alpha value is -1.32. The molecule has 3 heterocycles. The molecule has 0 N–H and O–H groups in total. The third-order valence-corrected chi connectivity index (χ3v) is 6.35. The summed E-state index contributed by atoms with van der Waals surface area (Å²) < 4.78 is 7.40. The highest BCUT2D eigenvalue weighted by Gasteiger charge is 2.65. The van der Waals surface area contributed by atoms with E-state index in [0.29, 0.717) is 16.5 Å². The smallest absolute Gasteiger partial charge is 0.209 e. The van der Waals surface area contributed by atoms with Gasteiger partial charge in [-0.15, -0.1) is 16.9 Å². The molecule has 0 aromatic carbocycles. The summed E-state index contributed by atoms with van der Waals surface area (Å²) in [6.45, 7) is 7.75. The Morgan fingerprint density at radius 2 is 2.12 bits per heavy atom. The molecular formula is C15H21N5O2S2. The van der Waals surface area contributed by atoms with Crippen LogP contribution in [0.5, 0.6) is 0 Å². The van der Waals surface area contributed by atoms with Crippen molar-refractivity contribution in [3.05, 3.63) is 17.1 Å². The fourth-order valence-electron chi connectivity index (χ4n) is 3.08. The number of tetrazole rings is 1. The second-order valence-electron chi connectivity index (χ2n) is 7.11. The summed E-state index contributed by atoms with van der Waals surface area (Å²) in [6, 6.07) is 0. The first-order valence-corrected chi connectivity index (χ1v) is 9.09. The zero-order valence-corrected chi connectivity index (χ0v) is 16.3. The normalized spacial score (nSPS) is 27.2. The largest absolute Gasteiger partial charge is 0.360 e. The van der Waals surface area contributed by atoms with E-state index in [1.54, 1.807) is 30.6 Å². The number of hydrogen-bond acceptors (Lipinski definition) is 7. The summed E-state index contributed by atoms with van der Waals surface area (Å²) in [5, 5.41) is 11.6. The molecular weight excluding hydrogens is 346 g/mol. The van der Waals surface area contributed by atoms with Crippen molar-refractivity contribution in [2.75, 3.05) is 12.9 Å². The highest BCUT2D eigenvalue weighted by molar-refractivity contribution is 8.00. The van der Waals surface area contributed by atoms with Crippen LogP contribution in [0, 0.1) is 5.41 Å². The van der Waals surface area contributed by atoms with E-state index in [4.69, 9.17) is 17.0 Å². The maximum atomic E-state index is 13.0. The van der Waals surface area contributed by atoms with Gasteiger partial charge in [-0.2, -0.15) is 0 Å². The van der Waals surface area contributed by atoms with Gasteiger partial charge in [0.15, 0.2) is 11.6 Å². The van der Waals surface area contributed by atoms with Crippen molar-refractivity contribution in [2.45, 2.75) is 38.7 Å². The van der Waals surface area contributed by atoms with E-state index in [1.807, 2.05) is 32.6 Å². The fraction of sp³-hybridized carbons (Fsp3) is 0.667. The molecule has 1 fully saturated rings. The number of thiocarbonyl (C=S) groups is 1. The van der Waals surface area contributed by atoms with Crippen molar-refractivity contribution < 1.29 is 9.53 Å². The van der Waals surface area contributed by atoms with Crippen molar-refractivity contribution in [1.82, 2.24) is 25.1 Å². The van der Waals surface area contributed by atoms with E-state index in [-0.39, 0.29) is 11.2 Å². The lowest BCUT2D eigenvalue weighted by atomic mass is 9.83. The Morgan fingerprint density at radius 3 is 2.62 bits per heavy atom. The average Bonchev–Trinajstić information content (AvgIpc) is 2.93. The molecule has 1 aromatic rings. The number of Topliss-reactive ketones (excluding diaryl/α,β-unsaturated/α-hetero) is 1. The molecule has 1 saturated heterocycles. The molecule has 0 bridgehead atoms. The topological polar surface area (TPSA) is 73.1 Å². The predicted octanol–water partition coefficient (Wildman–Crippen LogP) is 1.66. The number of carbonyl (C=O) groups excluding carboxylic acids is 1. The maximum Gasteiger partial charge on any atom is 0.209 e. The van der Waals surface area contributed by atoms with Crippen LogP contribution in [-0.2, 0) is 22.2 Å². The lowest BCUT2D eigenvalue weighted by molar-refractivity contribution is -0.125. The van der Waals surface area contributed by atoms with E-state index in [2.05, 4.69) is 15.5 Å². The van der Waals surface area contributed by atoms with Crippen molar-refractivity contribution in [1.29, 1.82) is 0 Å². The number of ether oxygens (including phenoxy) is 1. The predicted molar refractivity (Wildman–Crippen MR) is 95.3 cm³/mol. The molecule has 2 aliphatic rings. The molecule has 2 atom stereocenters. The highest BCUT2D eigenvalue weighted by atomic mass is 32.2. The van der Waals surface area contributed by atoms with E-state index in [0.717, 1.165) is 11.3 Å². The number of aryl methyl sites for hydroxylation is 1. The standard InChI is InChI=1S/C15H21N5O2S2/c1-8-7-24-13-15(22-6,11-16-17-18-19(11)5)12(23)20(13)9(8)10(21)14(2,3)4/h13H,7H2,1-6H3/t13-,15?/m1/s1. The van der Waals surface area contributed by atoms with Gasteiger partial charge in [0, 0.05) is 25.3 Å². The van der Waals surface area contributed by atoms with Crippen molar-refractivity contribution in [3.63, 3.8) is 0 Å². The number of rotatable bonds is 3. The third-order valence-electron chi connectivity index (χ3n) is 4.39. The van der Waals surface area contributed by atoms with Gasteiger partial charge < -0.3 is 9.64 Å². The van der Waals surface area contributed by atoms with Crippen molar-refractivity contribution in [3.8, 4) is 0 Å². The summed E-state index contributed by atoms with van der Waals surface area (Å²) in [6.07, 6.45) is 0. The molecule has 0 radical (unpaired) electrons. The van der Waals surface area contributed by atoms with Gasteiger partial charge in [-0.25, -0.2) is 4.68 Å². The molecule has 1 unspecified atom stereocenters. The number of ketones is 1. The summed E-state index contributed by atoms with van der Waals surface area (Å²) >= 11 is 7.38. The van der Waals surface area contributed by atoms with E-state index in [1.165, 1.54) is 0 Å².